The van der Waals surface area contributed by atoms with Gasteiger partial charge in [0.15, 0.2) is 0 Å². The summed E-state index contributed by atoms with van der Waals surface area (Å²) in [5.41, 5.74) is 5.40. The molecule has 118 valence electrons. The van der Waals surface area contributed by atoms with Gasteiger partial charge in [0.1, 0.15) is 6.61 Å². The van der Waals surface area contributed by atoms with Gasteiger partial charge in [-0.15, -0.1) is 0 Å². The van der Waals surface area contributed by atoms with E-state index in [1.165, 1.54) is 0 Å². The highest BCUT2D eigenvalue weighted by molar-refractivity contribution is 5.77. The average Bonchev–Trinajstić information content (AvgIpc) is 2.41. The maximum Gasteiger partial charge on any atom is 0.248 e. The van der Waals surface area contributed by atoms with E-state index in [4.69, 9.17) is 10.5 Å². The molecule has 1 saturated heterocycles. The van der Waals surface area contributed by atoms with Crippen LogP contribution in [0.3, 0.4) is 0 Å². The van der Waals surface area contributed by atoms with Gasteiger partial charge in [-0.05, 0) is 40.2 Å². The van der Waals surface area contributed by atoms with Gasteiger partial charge >= 0.3 is 0 Å². The molecule has 0 saturated carbocycles. The maximum atomic E-state index is 12.1. The zero-order valence-corrected chi connectivity index (χ0v) is 13.5. The van der Waals surface area contributed by atoms with Gasteiger partial charge in [-0.2, -0.15) is 0 Å². The van der Waals surface area contributed by atoms with Crippen molar-refractivity contribution in [2.45, 2.75) is 52.2 Å². The van der Waals surface area contributed by atoms with Gasteiger partial charge < -0.3 is 15.4 Å². The molecule has 1 aliphatic rings. The molecule has 1 heterocycles. The zero-order valence-electron chi connectivity index (χ0n) is 13.5. The smallest absolute Gasteiger partial charge is 0.248 e. The van der Waals surface area contributed by atoms with E-state index >= 15 is 0 Å². The second kappa shape index (κ2) is 7.96. The SMILES string of the molecule is CCC(CCN)N1CCN(C(=O)COC(C)(C)C)CC1. The highest BCUT2D eigenvalue weighted by atomic mass is 16.5. The minimum Gasteiger partial charge on any atom is -0.366 e. The van der Waals surface area contributed by atoms with Crippen LogP contribution in [0.25, 0.3) is 0 Å². The van der Waals surface area contributed by atoms with Crippen molar-refractivity contribution in [3.8, 4) is 0 Å². The monoisotopic (exact) mass is 285 g/mol. The molecule has 1 amide bonds. The van der Waals surface area contributed by atoms with Crippen LogP contribution in [0.1, 0.15) is 40.5 Å². The summed E-state index contributed by atoms with van der Waals surface area (Å²) in [6.07, 6.45) is 2.16. The molecule has 0 aromatic rings. The van der Waals surface area contributed by atoms with Gasteiger partial charge in [0.25, 0.3) is 0 Å². The summed E-state index contributed by atoms with van der Waals surface area (Å²) in [6, 6.07) is 0.558. The first-order chi connectivity index (χ1) is 9.37. The number of nitrogens with two attached hydrogens (primary N) is 1. The largest absolute Gasteiger partial charge is 0.366 e. The van der Waals surface area contributed by atoms with E-state index in [1.807, 2.05) is 25.7 Å². The van der Waals surface area contributed by atoms with E-state index in [1.54, 1.807) is 0 Å². The van der Waals surface area contributed by atoms with Crippen molar-refractivity contribution in [3.05, 3.63) is 0 Å². The Morgan fingerprint density at radius 1 is 1.25 bits per heavy atom. The Labute approximate surface area is 123 Å². The third-order valence-electron chi connectivity index (χ3n) is 3.78. The predicted octanol–water partition coefficient (Wildman–Crippen LogP) is 1.07. The standard InChI is InChI=1S/C15H31N3O2/c1-5-13(6-7-16)17-8-10-18(11-9-17)14(19)12-20-15(2,3)4/h13H,5-12,16H2,1-4H3. The Bertz CT molecular complexity index is 294. The molecule has 1 aliphatic heterocycles. The Morgan fingerprint density at radius 3 is 2.30 bits per heavy atom. The zero-order chi connectivity index (χ0) is 15.2. The minimum absolute atomic E-state index is 0.103. The number of amides is 1. The van der Waals surface area contributed by atoms with Crippen molar-refractivity contribution in [1.82, 2.24) is 9.80 Å². The molecule has 20 heavy (non-hydrogen) atoms. The molecule has 5 heteroatoms. The maximum absolute atomic E-state index is 12.1. The summed E-state index contributed by atoms with van der Waals surface area (Å²) in [6.45, 7) is 12.5. The number of ether oxygens (including phenoxy) is 1. The minimum atomic E-state index is -0.258. The lowest BCUT2D eigenvalue weighted by molar-refractivity contribution is -0.143. The van der Waals surface area contributed by atoms with Crippen molar-refractivity contribution in [3.63, 3.8) is 0 Å². The molecule has 0 radical (unpaired) electrons. The second-order valence-corrected chi connectivity index (χ2v) is 6.46. The lowest BCUT2D eigenvalue weighted by Crippen LogP contribution is -2.53. The summed E-state index contributed by atoms with van der Waals surface area (Å²) in [5, 5.41) is 0. The molecule has 0 aromatic heterocycles. The van der Waals surface area contributed by atoms with E-state index in [-0.39, 0.29) is 18.1 Å². The van der Waals surface area contributed by atoms with Crippen LogP contribution in [0.5, 0.6) is 0 Å². The summed E-state index contributed by atoms with van der Waals surface area (Å²) in [5.74, 6) is 0.103. The van der Waals surface area contributed by atoms with Crippen LogP contribution in [0.2, 0.25) is 0 Å². The lowest BCUT2D eigenvalue weighted by atomic mass is 10.1. The van der Waals surface area contributed by atoms with Gasteiger partial charge in [0.05, 0.1) is 5.60 Å². The molecule has 1 unspecified atom stereocenters. The van der Waals surface area contributed by atoms with Crippen molar-refractivity contribution in [1.29, 1.82) is 0 Å². The summed E-state index contributed by atoms with van der Waals surface area (Å²) in [7, 11) is 0. The third kappa shape index (κ3) is 5.77. The molecule has 0 bridgehead atoms. The predicted molar refractivity (Wildman–Crippen MR) is 81.6 cm³/mol. The Morgan fingerprint density at radius 2 is 1.85 bits per heavy atom. The van der Waals surface area contributed by atoms with Gasteiger partial charge in [-0.1, -0.05) is 6.92 Å². The molecule has 5 nitrogen and oxygen atoms in total. The number of carbonyl (C=O) groups is 1. The first-order valence-electron chi connectivity index (χ1n) is 7.73. The van der Waals surface area contributed by atoms with E-state index in [9.17, 15) is 4.79 Å². The summed E-state index contributed by atoms with van der Waals surface area (Å²) >= 11 is 0. The number of hydrogen-bond donors (Lipinski definition) is 1. The van der Waals surface area contributed by atoms with E-state index < -0.39 is 0 Å². The van der Waals surface area contributed by atoms with Crippen LogP contribution in [0.15, 0.2) is 0 Å². The quantitative estimate of drug-likeness (QED) is 0.793. The molecular formula is C15H31N3O2. The first-order valence-corrected chi connectivity index (χ1v) is 7.73. The number of rotatable bonds is 6. The lowest BCUT2D eigenvalue weighted by Gasteiger charge is -2.39. The third-order valence-corrected chi connectivity index (χ3v) is 3.78. The van der Waals surface area contributed by atoms with E-state index in [0.717, 1.165) is 45.6 Å². The number of carbonyl (C=O) groups excluding carboxylic acids is 1. The molecule has 1 atom stereocenters. The normalized spacial score (nSPS) is 19.1. The summed E-state index contributed by atoms with van der Waals surface area (Å²) < 4.78 is 5.56. The fourth-order valence-corrected chi connectivity index (χ4v) is 2.54. The van der Waals surface area contributed by atoms with Gasteiger partial charge in [0.2, 0.25) is 5.91 Å². The van der Waals surface area contributed by atoms with Crippen molar-refractivity contribution >= 4 is 5.91 Å². The van der Waals surface area contributed by atoms with Crippen LogP contribution in [0, 0.1) is 0 Å². The van der Waals surface area contributed by atoms with E-state index in [0.29, 0.717) is 6.04 Å². The molecule has 0 aromatic carbocycles. The molecule has 1 fully saturated rings. The summed E-state index contributed by atoms with van der Waals surface area (Å²) in [4.78, 5) is 16.5. The molecule has 0 spiro atoms. The van der Waals surface area contributed by atoms with Crippen molar-refractivity contribution in [2.24, 2.45) is 5.73 Å². The van der Waals surface area contributed by atoms with Crippen LogP contribution in [0.4, 0.5) is 0 Å². The van der Waals surface area contributed by atoms with E-state index in [2.05, 4.69) is 11.8 Å². The number of hydrogen-bond acceptors (Lipinski definition) is 4. The Kier molecular flexibility index (Phi) is 6.92. The highest BCUT2D eigenvalue weighted by Gasteiger charge is 2.25. The molecule has 2 N–H and O–H groups in total. The van der Waals surface area contributed by atoms with Gasteiger partial charge in [0, 0.05) is 32.2 Å². The molecule has 0 aliphatic carbocycles. The van der Waals surface area contributed by atoms with Crippen LogP contribution in [-0.2, 0) is 9.53 Å². The van der Waals surface area contributed by atoms with Crippen LogP contribution < -0.4 is 5.73 Å². The van der Waals surface area contributed by atoms with Crippen molar-refractivity contribution in [2.75, 3.05) is 39.3 Å². The van der Waals surface area contributed by atoms with Crippen molar-refractivity contribution < 1.29 is 9.53 Å². The molecule has 1 rings (SSSR count). The fourth-order valence-electron chi connectivity index (χ4n) is 2.54. The van der Waals surface area contributed by atoms with Gasteiger partial charge in [-0.3, -0.25) is 9.69 Å². The second-order valence-electron chi connectivity index (χ2n) is 6.46. The first kappa shape index (κ1) is 17.4. The Hall–Kier alpha value is -0.650. The van der Waals surface area contributed by atoms with Crippen LogP contribution >= 0.6 is 0 Å². The van der Waals surface area contributed by atoms with Gasteiger partial charge in [-0.25, -0.2) is 0 Å². The topological polar surface area (TPSA) is 58.8 Å². The fraction of sp³-hybridized carbons (Fsp3) is 0.933. The van der Waals surface area contributed by atoms with Crippen LogP contribution in [-0.4, -0.2) is 66.7 Å². The number of piperazine rings is 1. The molecular weight excluding hydrogens is 254 g/mol. The average molecular weight is 285 g/mol. The number of nitrogens with zero attached hydrogens (tertiary/aromatic N) is 2. The highest BCUT2D eigenvalue weighted by Crippen LogP contribution is 2.13. The Balaban J connectivity index is 2.36.